The molecule has 60 heavy (non-hydrogen) atoms. The quantitative estimate of drug-likeness (QED) is 0.153. The number of rotatable bonds is 10. The number of hydrogen-bond donors (Lipinski definition) is 2. The first kappa shape index (κ1) is 47.5. The van der Waals surface area contributed by atoms with E-state index in [9.17, 15) is 77.6 Å². The molecule has 0 aliphatic heterocycles. The summed E-state index contributed by atoms with van der Waals surface area (Å²) in [4.78, 5) is -0.652. The van der Waals surface area contributed by atoms with E-state index in [1.165, 1.54) is 33.7 Å². The summed E-state index contributed by atoms with van der Waals surface area (Å²) in [5.74, 6) is -4.11. The van der Waals surface area contributed by atoms with E-state index in [1.807, 2.05) is 0 Å². The van der Waals surface area contributed by atoms with Crippen LogP contribution in [0.2, 0.25) is 10.0 Å². The van der Waals surface area contributed by atoms with Crippen molar-refractivity contribution in [3.05, 3.63) is 129 Å². The Labute approximate surface area is 345 Å². The van der Waals surface area contributed by atoms with E-state index in [4.69, 9.17) is 23.2 Å². The van der Waals surface area contributed by atoms with Crippen molar-refractivity contribution in [3.63, 3.8) is 0 Å². The van der Waals surface area contributed by atoms with Gasteiger partial charge in [-0.3, -0.25) is 0 Å². The second kappa shape index (κ2) is 16.3. The molecule has 0 unspecified atom stereocenters. The van der Waals surface area contributed by atoms with Crippen LogP contribution in [0.1, 0.15) is 36.8 Å². The summed E-state index contributed by atoms with van der Waals surface area (Å²) in [6.07, 6.45) is -2.91. The van der Waals surface area contributed by atoms with Crippen LogP contribution in [-0.2, 0) is 49.2 Å². The van der Waals surface area contributed by atoms with Crippen molar-refractivity contribution in [2.45, 2.75) is 68.1 Å². The Morgan fingerprint density at radius 1 is 0.483 bits per heavy atom. The first-order valence-electron chi connectivity index (χ1n) is 16.5. The van der Waals surface area contributed by atoms with Gasteiger partial charge in [-0.1, -0.05) is 23.2 Å². The van der Waals surface area contributed by atoms with Crippen molar-refractivity contribution in [2.24, 2.45) is 0 Å². The molecule has 328 valence electrons. The lowest BCUT2D eigenvalue weighted by atomic mass is 9.75. The van der Waals surface area contributed by atoms with Crippen LogP contribution in [0.15, 0.2) is 94.7 Å². The number of hydrogen-bond acceptors (Lipinski definition) is 8. The Balaban J connectivity index is 0.000000228. The zero-order valence-corrected chi connectivity index (χ0v) is 34.3. The molecule has 0 atom stereocenters. The average molecular weight is 980 g/mol. The molecule has 2 N–H and O–H groups in total. The highest BCUT2D eigenvalue weighted by molar-refractivity contribution is 7.93. The van der Waals surface area contributed by atoms with Gasteiger partial charge in [-0.2, -0.15) is 26.3 Å². The second-order valence-electron chi connectivity index (χ2n) is 13.5. The zero-order chi connectivity index (χ0) is 45.1. The number of sulfone groups is 2. The fraction of sp³-hybridized carbons (Fsp3) is 0.294. The maximum Gasteiger partial charge on any atom is 0.511 e. The number of benzene rings is 4. The monoisotopic (exact) mass is 978 g/mol. The van der Waals surface area contributed by atoms with E-state index in [-0.39, 0.29) is 19.8 Å². The molecule has 0 radical (unpaired) electrons. The van der Waals surface area contributed by atoms with Crippen molar-refractivity contribution in [2.75, 3.05) is 0 Å². The van der Waals surface area contributed by atoms with E-state index in [1.54, 1.807) is 0 Å². The summed E-state index contributed by atoms with van der Waals surface area (Å²) in [6, 6.07) is 10.7. The largest absolute Gasteiger partial charge is 0.511 e. The van der Waals surface area contributed by atoms with Gasteiger partial charge in [0.15, 0.2) is 19.7 Å². The highest BCUT2D eigenvalue weighted by atomic mass is 35.5. The molecule has 2 aliphatic rings. The van der Waals surface area contributed by atoms with E-state index < -0.39 is 132 Å². The third-order valence-electron chi connectivity index (χ3n) is 9.67. The summed E-state index contributed by atoms with van der Waals surface area (Å²) >= 11 is 11.5. The Morgan fingerprint density at radius 3 is 1.03 bits per heavy atom. The predicted octanol–water partition coefficient (Wildman–Crippen LogP) is 7.78. The molecule has 6 rings (SSSR count). The van der Waals surface area contributed by atoms with Crippen LogP contribution in [0.5, 0.6) is 0 Å². The molecule has 2 aliphatic carbocycles. The highest BCUT2D eigenvalue weighted by Gasteiger charge is 2.61. The van der Waals surface area contributed by atoms with Gasteiger partial charge in [0, 0.05) is 33.3 Å². The van der Waals surface area contributed by atoms with Crippen LogP contribution in [0.25, 0.3) is 0 Å². The summed E-state index contributed by atoms with van der Waals surface area (Å²) in [6.45, 7) is 0. The molecule has 10 nitrogen and oxygen atoms in total. The van der Waals surface area contributed by atoms with Crippen LogP contribution >= 0.6 is 23.2 Å². The van der Waals surface area contributed by atoms with Gasteiger partial charge < -0.3 is 0 Å². The molecule has 2 fully saturated rings. The van der Waals surface area contributed by atoms with E-state index in [2.05, 4.69) is 0 Å². The molecule has 0 heterocycles. The Kier molecular flexibility index (Phi) is 12.9. The summed E-state index contributed by atoms with van der Waals surface area (Å²) in [5.41, 5.74) is -12.4. The number of nitrogens with one attached hydrogen (secondary N) is 2. The third-order valence-corrected chi connectivity index (χ3v) is 17.6. The molecular weight excluding hydrogens is 954 g/mol. The van der Waals surface area contributed by atoms with Crippen molar-refractivity contribution in [3.8, 4) is 0 Å². The SMILES string of the molecule is O=S(=O)(N[C@H]1C[C@@](c2cc(F)ccc2F)(S(=O)(=O)c2ccc(Cl)cc2)C1)C(F)(F)F.O=S(=O)(N[C@H]1C[C@@](c2cc(F)ccc2F)(S(=O)(=O)c2ccc(Cl)cc2)C1)C(F)(F)F. The topological polar surface area (TPSA) is 161 Å². The van der Waals surface area contributed by atoms with Crippen molar-refractivity contribution < 1.29 is 77.6 Å². The van der Waals surface area contributed by atoms with Gasteiger partial charge in [0.2, 0.25) is 0 Å². The van der Waals surface area contributed by atoms with E-state index in [0.29, 0.717) is 24.3 Å². The van der Waals surface area contributed by atoms with Gasteiger partial charge in [-0.25, -0.2) is 60.7 Å². The van der Waals surface area contributed by atoms with Crippen LogP contribution in [-0.4, -0.2) is 56.8 Å². The molecule has 4 aromatic carbocycles. The van der Waals surface area contributed by atoms with Gasteiger partial charge in [-0.05, 0) is 111 Å². The molecule has 2 saturated carbocycles. The zero-order valence-electron chi connectivity index (χ0n) is 29.5. The number of sulfonamides is 2. The normalized spacial score (nSPS) is 22.5. The lowest BCUT2D eigenvalue weighted by Crippen LogP contribution is -2.58. The van der Waals surface area contributed by atoms with Crippen LogP contribution in [0, 0.1) is 23.3 Å². The molecular formula is C34H26Cl2F10N2O8S4. The van der Waals surface area contributed by atoms with Gasteiger partial charge in [0.05, 0.1) is 9.79 Å². The summed E-state index contributed by atoms with van der Waals surface area (Å²) in [7, 11) is -20.5. The Hall–Kier alpha value is -3.52. The van der Waals surface area contributed by atoms with Crippen molar-refractivity contribution >= 4 is 62.9 Å². The van der Waals surface area contributed by atoms with Crippen LogP contribution in [0.3, 0.4) is 0 Å². The maximum atomic E-state index is 14.5. The third kappa shape index (κ3) is 8.88. The molecule has 26 heteroatoms. The van der Waals surface area contributed by atoms with Crippen molar-refractivity contribution in [1.82, 2.24) is 9.44 Å². The van der Waals surface area contributed by atoms with Gasteiger partial charge in [0.1, 0.15) is 32.8 Å². The first-order chi connectivity index (χ1) is 27.4. The van der Waals surface area contributed by atoms with Crippen LogP contribution in [0.4, 0.5) is 43.9 Å². The molecule has 0 aromatic heterocycles. The van der Waals surface area contributed by atoms with Gasteiger partial charge in [-0.15, -0.1) is 0 Å². The molecule has 4 aromatic rings. The lowest BCUT2D eigenvalue weighted by Gasteiger charge is -2.47. The summed E-state index contributed by atoms with van der Waals surface area (Å²) < 4.78 is 229. The lowest BCUT2D eigenvalue weighted by molar-refractivity contribution is -0.0461. The fourth-order valence-electron chi connectivity index (χ4n) is 6.75. The fourth-order valence-corrected chi connectivity index (χ4v) is 12.9. The highest BCUT2D eigenvalue weighted by Crippen LogP contribution is 2.54. The minimum atomic E-state index is -5.75. The Bertz CT molecular complexity index is 2540. The molecule has 0 bridgehead atoms. The minimum Gasteiger partial charge on any atom is -0.223 e. The molecule has 0 spiro atoms. The predicted molar refractivity (Wildman–Crippen MR) is 196 cm³/mol. The van der Waals surface area contributed by atoms with E-state index >= 15 is 0 Å². The average Bonchev–Trinajstić information content (AvgIpc) is 3.09. The number of halogens is 12. The number of alkyl halides is 6. The standard InChI is InChI=1S/2C17H13ClF5NO4S2/c2*18-10-1-4-13(5-2-10)29(25,26)16(14-7-11(19)3-6-15(14)20)8-12(9-16)24-30(27,28)17(21,22)23/h2*1-7,12,24H,8-9H2/t2*12-,16+. The van der Waals surface area contributed by atoms with Gasteiger partial charge >= 0.3 is 31.1 Å². The Morgan fingerprint density at radius 2 is 0.767 bits per heavy atom. The maximum absolute atomic E-state index is 14.5. The molecule has 0 amide bonds. The second-order valence-corrected chi connectivity index (χ2v) is 22.3. The minimum absolute atomic E-state index is 0.198. The van der Waals surface area contributed by atoms with Crippen LogP contribution < -0.4 is 9.44 Å². The van der Waals surface area contributed by atoms with Crippen molar-refractivity contribution in [1.29, 1.82) is 0 Å². The van der Waals surface area contributed by atoms with Gasteiger partial charge in [0.25, 0.3) is 0 Å². The smallest absolute Gasteiger partial charge is 0.223 e. The summed E-state index contributed by atoms with van der Waals surface area (Å²) in [5, 5.41) is 0.397. The molecule has 0 saturated heterocycles. The van der Waals surface area contributed by atoms with E-state index in [0.717, 1.165) is 36.4 Å². The first-order valence-corrected chi connectivity index (χ1v) is 23.2.